The first kappa shape index (κ1) is 17.3. The molecule has 2 aromatic rings. The first-order valence-corrected chi connectivity index (χ1v) is 9.24. The number of rotatable bonds is 4. The highest BCUT2D eigenvalue weighted by atomic mass is 32.1. The summed E-state index contributed by atoms with van der Waals surface area (Å²) in [6, 6.07) is 7.97. The monoisotopic (exact) mass is 347 g/mol. The molecule has 6 heteroatoms. The van der Waals surface area contributed by atoms with Crippen LogP contribution in [0, 0.1) is 0 Å². The second-order valence-corrected chi connectivity index (χ2v) is 7.78. The third-order valence-corrected chi connectivity index (χ3v) is 5.49. The number of morpholine rings is 1. The molecule has 3 rings (SSSR count). The van der Waals surface area contributed by atoms with Crippen molar-refractivity contribution in [2.45, 2.75) is 45.6 Å². The Morgan fingerprint density at radius 2 is 2.04 bits per heavy atom. The van der Waals surface area contributed by atoms with Crippen molar-refractivity contribution in [2.75, 3.05) is 20.1 Å². The quantitative estimate of drug-likeness (QED) is 0.853. The van der Waals surface area contributed by atoms with Gasteiger partial charge in [0.2, 0.25) is 5.91 Å². The van der Waals surface area contributed by atoms with Crippen LogP contribution in [-0.4, -0.2) is 59.1 Å². The summed E-state index contributed by atoms with van der Waals surface area (Å²) in [4.78, 5) is 21.5. The molecule has 1 amide bonds. The Bertz CT molecular complexity index is 674. The summed E-state index contributed by atoms with van der Waals surface area (Å²) in [5.41, 5.74) is 1.03. The normalized spacial score (nSPS) is 23.0. The molecule has 0 aliphatic carbocycles. The summed E-state index contributed by atoms with van der Waals surface area (Å²) < 4.78 is 6.91. The molecule has 1 aliphatic heterocycles. The fraction of sp³-hybridized carbons (Fsp3) is 0.556. The number of thiazole rings is 1. The number of ether oxygens (including phenoxy) is 1. The number of likely N-dealkylation sites (N-methyl/N-ethyl adjacent to an activating group) is 1. The van der Waals surface area contributed by atoms with Gasteiger partial charge in [0, 0.05) is 13.1 Å². The number of nitrogens with zero attached hydrogens (tertiary/aromatic N) is 3. The van der Waals surface area contributed by atoms with Crippen LogP contribution in [0.15, 0.2) is 24.3 Å². The average molecular weight is 347 g/mol. The first-order valence-electron chi connectivity index (χ1n) is 8.43. The van der Waals surface area contributed by atoms with Crippen molar-refractivity contribution >= 4 is 27.5 Å². The van der Waals surface area contributed by atoms with E-state index in [0.29, 0.717) is 19.6 Å². The van der Waals surface area contributed by atoms with Crippen molar-refractivity contribution in [3.63, 3.8) is 0 Å². The molecule has 0 spiro atoms. The lowest BCUT2D eigenvalue weighted by Crippen LogP contribution is -2.53. The second-order valence-electron chi connectivity index (χ2n) is 6.67. The van der Waals surface area contributed by atoms with Gasteiger partial charge in [0.1, 0.15) is 5.01 Å². The number of benzene rings is 1. The van der Waals surface area contributed by atoms with Gasteiger partial charge in [-0.2, -0.15) is 0 Å². The third kappa shape index (κ3) is 3.77. The van der Waals surface area contributed by atoms with E-state index in [-0.39, 0.29) is 24.2 Å². The molecule has 3 atom stereocenters. The van der Waals surface area contributed by atoms with E-state index in [2.05, 4.69) is 16.0 Å². The van der Waals surface area contributed by atoms with Crippen molar-refractivity contribution in [2.24, 2.45) is 0 Å². The number of aromatic nitrogens is 1. The zero-order valence-electron chi connectivity index (χ0n) is 14.7. The standard InChI is InChI=1S/C18H25N3O2S/c1-12-9-21(10-13(2)23-12)18(22)14(3)20(4)11-17-19-15-7-5-6-8-16(15)24-17/h5-8,12-14H,9-11H2,1-4H3/t12-,13+,14-/m0/s1. The maximum atomic E-state index is 12.8. The van der Waals surface area contributed by atoms with E-state index >= 15 is 0 Å². The van der Waals surface area contributed by atoms with Crippen molar-refractivity contribution in [3.05, 3.63) is 29.3 Å². The molecular formula is C18H25N3O2S. The minimum atomic E-state index is -0.172. The van der Waals surface area contributed by atoms with Gasteiger partial charge in [-0.05, 0) is 40.0 Å². The Hall–Kier alpha value is -1.50. The first-order chi connectivity index (χ1) is 11.4. The molecule has 1 aromatic heterocycles. The van der Waals surface area contributed by atoms with Crippen LogP contribution in [0.2, 0.25) is 0 Å². The van der Waals surface area contributed by atoms with Crippen molar-refractivity contribution < 1.29 is 9.53 Å². The van der Waals surface area contributed by atoms with Gasteiger partial charge in [-0.15, -0.1) is 11.3 Å². The lowest BCUT2D eigenvalue weighted by Gasteiger charge is -2.38. The Morgan fingerprint density at radius 3 is 2.71 bits per heavy atom. The summed E-state index contributed by atoms with van der Waals surface area (Å²) >= 11 is 1.69. The number of amides is 1. The van der Waals surface area contributed by atoms with Crippen molar-refractivity contribution in [1.29, 1.82) is 0 Å². The maximum absolute atomic E-state index is 12.8. The molecule has 130 valence electrons. The molecule has 0 N–H and O–H groups in total. The zero-order chi connectivity index (χ0) is 17.3. The van der Waals surface area contributed by atoms with E-state index in [0.717, 1.165) is 10.5 Å². The van der Waals surface area contributed by atoms with Gasteiger partial charge in [-0.3, -0.25) is 9.69 Å². The Labute approximate surface area is 147 Å². The zero-order valence-corrected chi connectivity index (χ0v) is 15.5. The van der Waals surface area contributed by atoms with E-state index in [9.17, 15) is 4.79 Å². The molecule has 24 heavy (non-hydrogen) atoms. The van der Waals surface area contributed by atoms with Crippen LogP contribution in [0.5, 0.6) is 0 Å². The summed E-state index contributed by atoms with van der Waals surface area (Å²) in [7, 11) is 1.99. The number of fused-ring (bicyclic) bond motifs is 1. The fourth-order valence-corrected chi connectivity index (χ4v) is 4.18. The predicted octanol–water partition coefficient (Wildman–Crippen LogP) is 2.75. The average Bonchev–Trinajstić information content (AvgIpc) is 2.94. The lowest BCUT2D eigenvalue weighted by molar-refractivity contribution is -0.147. The second kappa shape index (κ2) is 7.17. The van der Waals surface area contributed by atoms with Crippen LogP contribution in [0.3, 0.4) is 0 Å². The van der Waals surface area contributed by atoms with Gasteiger partial charge in [0.15, 0.2) is 0 Å². The fourth-order valence-electron chi connectivity index (χ4n) is 3.15. The van der Waals surface area contributed by atoms with E-state index < -0.39 is 0 Å². The van der Waals surface area contributed by atoms with Crippen LogP contribution >= 0.6 is 11.3 Å². The van der Waals surface area contributed by atoms with Gasteiger partial charge in [-0.1, -0.05) is 12.1 Å². The van der Waals surface area contributed by atoms with Crippen LogP contribution in [0.4, 0.5) is 0 Å². The molecular weight excluding hydrogens is 322 g/mol. The van der Waals surface area contributed by atoms with Gasteiger partial charge in [-0.25, -0.2) is 4.98 Å². The predicted molar refractivity (Wildman–Crippen MR) is 97.1 cm³/mol. The molecule has 5 nitrogen and oxygen atoms in total. The van der Waals surface area contributed by atoms with Gasteiger partial charge >= 0.3 is 0 Å². The summed E-state index contributed by atoms with van der Waals surface area (Å²) in [5.74, 6) is 0.167. The molecule has 1 aromatic carbocycles. The summed E-state index contributed by atoms with van der Waals surface area (Å²) in [5, 5.41) is 1.04. The van der Waals surface area contributed by atoms with Gasteiger partial charge in [0.05, 0.1) is 35.0 Å². The molecule has 0 saturated carbocycles. The topological polar surface area (TPSA) is 45.7 Å². The van der Waals surface area contributed by atoms with Gasteiger partial charge in [0.25, 0.3) is 0 Å². The molecule has 1 saturated heterocycles. The number of hydrogen-bond acceptors (Lipinski definition) is 5. The maximum Gasteiger partial charge on any atom is 0.239 e. The Morgan fingerprint density at radius 1 is 1.38 bits per heavy atom. The molecule has 2 heterocycles. The van der Waals surface area contributed by atoms with Crippen LogP contribution in [0.1, 0.15) is 25.8 Å². The summed E-state index contributed by atoms with van der Waals surface area (Å²) in [6.45, 7) is 8.03. The van der Waals surface area contributed by atoms with Crippen LogP contribution in [0.25, 0.3) is 10.2 Å². The van der Waals surface area contributed by atoms with E-state index in [1.165, 1.54) is 4.70 Å². The summed E-state index contributed by atoms with van der Waals surface area (Å²) in [6.07, 6.45) is 0.193. The largest absolute Gasteiger partial charge is 0.372 e. The highest BCUT2D eigenvalue weighted by Gasteiger charge is 2.30. The van der Waals surface area contributed by atoms with Crippen LogP contribution in [-0.2, 0) is 16.1 Å². The van der Waals surface area contributed by atoms with Gasteiger partial charge < -0.3 is 9.64 Å². The molecule has 1 aliphatic rings. The highest BCUT2D eigenvalue weighted by molar-refractivity contribution is 7.18. The molecule has 0 bridgehead atoms. The smallest absolute Gasteiger partial charge is 0.239 e. The van der Waals surface area contributed by atoms with E-state index in [1.807, 2.05) is 50.9 Å². The van der Waals surface area contributed by atoms with Crippen molar-refractivity contribution in [1.82, 2.24) is 14.8 Å². The lowest BCUT2D eigenvalue weighted by atomic mass is 10.2. The van der Waals surface area contributed by atoms with Crippen molar-refractivity contribution in [3.8, 4) is 0 Å². The number of hydrogen-bond donors (Lipinski definition) is 0. The van der Waals surface area contributed by atoms with E-state index in [4.69, 9.17) is 4.74 Å². The minimum absolute atomic E-state index is 0.0967. The third-order valence-electron chi connectivity index (χ3n) is 4.47. The highest BCUT2D eigenvalue weighted by Crippen LogP contribution is 2.23. The SMILES string of the molecule is C[C@@H]1CN(C(=O)[C@H](C)N(C)Cc2nc3ccccc3s2)C[C@H](C)O1. The molecule has 0 unspecified atom stereocenters. The van der Waals surface area contributed by atoms with E-state index in [1.54, 1.807) is 11.3 Å². The molecule has 1 fully saturated rings. The minimum Gasteiger partial charge on any atom is -0.372 e. The number of carbonyl (C=O) groups is 1. The Kier molecular flexibility index (Phi) is 5.18. The number of carbonyl (C=O) groups excluding carboxylic acids is 1. The molecule has 0 radical (unpaired) electrons. The number of para-hydroxylation sites is 1. The van der Waals surface area contributed by atoms with Crippen LogP contribution < -0.4 is 0 Å². The Balaban J connectivity index is 1.65.